The predicted molar refractivity (Wildman–Crippen MR) is 98.4 cm³/mol. The van der Waals surface area contributed by atoms with E-state index in [0.29, 0.717) is 10.6 Å². The van der Waals surface area contributed by atoms with Crippen molar-refractivity contribution in [3.8, 4) is 0 Å². The number of allylic oxidation sites excluding steroid dienone is 1. The molecular weight excluding hydrogens is 395 g/mol. The zero-order valence-electron chi connectivity index (χ0n) is 15.6. The molecule has 0 bridgehead atoms. The van der Waals surface area contributed by atoms with Crippen LogP contribution in [0.4, 0.5) is 13.2 Å². The number of rotatable bonds is 6. The van der Waals surface area contributed by atoms with Crippen molar-refractivity contribution in [2.75, 3.05) is 12.9 Å². The average Bonchev–Trinajstić information content (AvgIpc) is 2.64. The van der Waals surface area contributed by atoms with Crippen LogP contribution in [0.15, 0.2) is 46.1 Å². The molecule has 0 heterocycles. The van der Waals surface area contributed by atoms with Gasteiger partial charge in [-0.15, -0.1) is 16.7 Å². The molecule has 1 aliphatic rings. The quantitative estimate of drug-likeness (QED) is 0.377. The third-order valence-corrected chi connectivity index (χ3v) is 6.30. The zero-order valence-corrected chi connectivity index (χ0v) is 16.4. The second kappa shape index (κ2) is 8.46. The maximum atomic E-state index is 12.7. The number of hydrogen-bond acceptors (Lipinski definition) is 6. The summed E-state index contributed by atoms with van der Waals surface area (Å²) in [5.41, 5.74) is -1.49. The van der Waals surface area contributed by atoms with E-state index in [-0.39, 0.29) is 17.9 Å². The summed E-state index contributed by atoms with van der Waals surface area (Å²) >= 11 is 1.31. The normalized spacial score (nSPS) is 20.5. The fourth-order valence-electron chi connectivity index (χ4n) is 3.19. The number of hydrogen-bond donors (Lipinski definition) is 0. The molecule has 0 aliphatic heterocycles. The minimum atomic E-state index is -4.40. The number of methoxy groups -OCH3 is 1. The highest BCUT2D eigenvalue weighted by atomic mass is 32.2. The third-order valence-electron chi connectivity index (χ3n) is 4.81. The molecular formula is C19H20F3NO4S. The lowest BCUT2D eigenvalue weighted by molar-refractivity contribution is -0.148. The van der Waals surface area contributed by atoms with Crippen LogP contribution in [-0.4, -0.2) is 24.6 Å². The van der Waals surface area contributed by atoms with E-state index in [4.69, 9.17) is 4.74 Å². The Labute approximate surface area is 164 Å². The summed E-state index contributed by atoms with van der Waals surface area (Å²) in [5.74, 6) is -2.01. The summed E-state index contributed by atoms with van der Waals surface area (Å²) < 4.78 is 42.8. The summed E-state index contributed by atoms with van der Waals surface area (Å²) in [6.07, 6.45) is -3.27. The van der Waals surface area contributed by atoms with Crippen molar-refractivity contribution < 1.29 is 27.5 Å². The van der Waals surface area contributed by atoms with Gasteiger partial charge in [0.15, 0.2) is 5.78 Å². The molecule has 0 aromatic heterocycles. The highest BCUT2D eigenvalue weighted by Crippen LogP contribution is 2.45. The van der Waals surface area contributed by atoms with Gasteiger partial charge in [0.1, 0.15) is 11.6 Å². The van der Waals surface area contributed by atoms with Crippen molar-refractivity contribution in [3.05, 3.63) is 46.5 Å². The van der Waals surface area contributed by atoms with Gasteiger partial charge in [0.25, 0.3) is 0 Å². The maximum absolute atomic E-state index is 12.7. The zero-order chi connectivity index (χ0) is 21.1. The molecule has 152 valence electrons. The van der Waals surface area contributed by atoms with Gasteiger partial charge in [0.2, 0.25) is 0 Å². The van der Waals surface area contributed by atoms with Gasteiger partial charge >= 0.3 is 12.1 Å². The molecule has 0 spiro atoms. The van der Waals surface area contributed by atoms with Crippen LogP contribution in [0.5, 0.6) is 0 Å². The Morgan fingerprint density at radius 3 is 2.36 bits per heavy atom. The van der Waals surface area contributed by atoms with E-state index in [2.05, 4.69) is 5.18 Å². The van der Waals surface area contributed by atoms with E-state index in [0.717, 1.165) is 18.2 Å². The number of nitrogens with zero attached hydrogens (tertiary/aromatic N) is 1. The standard InChI is InChI=1S/C19H20F3NO4S/c1-18(2,10-28-13-6-4-11(5-7-13)19(20,21)22)14-8-12(24)9-15(23-26)16(14)17(25)27-3/h4-7,9,14,16H,8,10H2,1-3H3. The summed E-state index contributed by atoms with van der Waals surface area (Å²) in [6.45, 7) is 3.68. The molecule has 0 N–H and O–H groups in total. The van der Waals surface area contributed by atoms with E-state index < -0.39 is 35.0 Å². The number of carbonyl (C=O) groups is 2. The summed E-state index contributed by atoms with van der Waals surface area (Å²) in [5, 5.41) is 2.84. The smallest absolute Gasteiger partial charge is 0.416 e. The van der Waals surface area contributed by atoms with Crippen LogP contribution in [0.3, 0.4) is 0 Å². The molecule has 0 saturated carbocycles. The van der Waals surface area contributed by atoms with Gasteiger partial charge in [-0.1, -0.05) is 13.8 Å². The molecule has 5 nitrogen and oxygen atoms in total. The Balaban J connectivity index is 2.19. The van der Waals surface area contributed by atoms with Crippen molar-refractivity contribution in [2.24, 2.45) is 22.4 Å². The number of nitroso groups, excluding NO2 is 1. The summed E-state index contributed by atoms with van der Waals surface area (Å²) in [4.78, 5) is 36.0. The topological polar surface area (TPSA) is 72.8 Å². The first-order chi connectivity index (χ1) is 13.0. The average molecular weight is 415 g/mol. The highest BCUT2D eigenvalue weighted by molar-refractivity contribution is 7.99. The van der Waals surface area contributed by atoms with Crippen molar-refractivity contribution in [3.63, 3.8) is 0 Å². The van der Waals surface area contributed by atoms with Crippen LogP contribution in [-0.2, 0) is 20.5 Å². The molecule has 0 radical (unpaired) electrons. The number of halogens is 3. The molecule has 1 aromatic rings. The van der Waals surface area contributed by atoms with Crippen LogP contribution in [0.2, 0.25) is 0 Å². The Hall–Kier alpha value is -2.16. The fraction of sp³-hybridized carbons (Fsp3) is 0.474. The Bertz CT molecular complexity index is 787. The second-order valence-electron chi connectivity index (χ2n) is 7.24. The van der Waals surface area contributed by atoms with Gasteiger partial charge in [-0.25, -0.2) is 0 Å². The Morgan fingerprint density at radius 1 is 1.25 bits per heavy atom. The fourth-order valence-corrected chi connectivity index (χ4v) is 4.27. The van der Waals surface area contributed by atoms with Gasteiger partial charge < -0.3 is 4.74 Å². The lowest BCUT2D eigenvalue weighted by Crippen LogP contribution is -2.41. The molecule has 2 atom stereocenters. The lowest BCUT2D eigenvalue weighted by atomic mass is 9.67. The second-order valence-corrected chi connectivity index (χ2v) is 8.29. The lowest BCUT2D eigenvalue weighted by Gasteiger charge is -2.39. The first kappa shape index (κ1) is 22.1. The van der Waals surface area contributed by atoms with Gasteiger partial charge in [0, 0.05) is 23.1 Å². The largest absolute Gasteiger partial charge is 0.468 e. The SMILES string of the molecule is COC(=O)C1C(N=O)=CC(=O)CC1C(C)(C)CSc1ccc(C(F)(F)F)cc1. The number of esters is 1. The van der Waals surface area contributed by atoms with Crippen LogP contribution in [0.25, 0.3) is 0 Å². The summed E-state index contributed by atoms with van der Waals surface area (Å²) in [6, 6.07) is 4.78. The van der Waals surface area contributed by atoms with Crippen LogP contribution < -0.4 is 0 Å². The number of benzene rings is 1. The molecule has 0 saturated heterocycles. The Morgan fingerprint density at radius 2 is 1.86 bits per heavy atom. The highest BCUT2D eigenvalue weighted by Gasteiger charge is 2.46. The summed E-state index contributed by atoms with van der Waals surface area (Å²) in [7, 11) is 1.20. The molecule has 28 heavy (non-hydrogen) atoms. The Kier molecular flexibility index (Phi) is 6.69. The minimum absolute atomic E-state index is 0.0549. The van der Waals surface area contributed by atoms with Gasteiger partial charge in [-0.3, -0.25) is 9.59 Å². The first-order valence-electron chi connectivity index (χ1n) is 8.45. The number of ether oxygens (including phenoxy) is 1. The van der Waals surface area contributed by atoms with Crippen molar-refractivity contribution in [1.82, 2.24) is 0 Å². The molecule has 0 amide bonds. The van der Waals surface area contributed by atoms with E-state index in [1.807, 2.05) is 13.8 Å². The van der Waals surface area contributed by atoms with Gasteiger partial charge in [-0.05, 0) is 40.8 Å². The number of thioether (sulfide) groups is 1. The molecule has 2 rings (SSSR count). The maximum Gasteiger partial charge on any atom is 0.416 e. The van der Waals surface area contributed by atoms with Crippen molar-refractivity contribution in [1.29, 1.82) is 0 Å². The molecule has 1 aliphatic carbocycles. The number of carbonyl (C=O) groups excluding carboxylic acids is 2. The minimum Gasteiger partial charge on any atom is -0.468 e. The van der Waals surface area contributed by atoms with E-state index in [1.54, 1.807) is 0 Å². The van der Waals surface area contributed by atoms with Crippen LogP contribution in [0, 0.1) is 22.2 Å². The molecule has 1 aromatic carbocycles. The number of alkyl halides is 3. The molecule has 2 unspecified atom stereocenters. The van der Waals surface area contributed by atoms with Gasteiger partial charge in [-0.2, -0.15) is 13.2 Å². The van der Waals surface area contributed by atoms with Crippen molar-refractivity contribution >= 4 is 23.5 Å². The number of ketones is 1. The van der Waals surface area contributed by atoms with E-state index in [1.165, 1.54) is 31.0 Å². The van der Waals surface area contributed by atoms with Crippen LogP contribution in [0.1, 0.15) is 25.8 Å². The molecule has 9 heteroatoms. The third kappa shape index (κ3) is 5.01. The monoisotopic (exact) mass is 415 g/mol. The van der Waals surface area contributed by atoms with Gasteiger partial charge in [0.05, 0.1) is 12.7 Å². The van der Waals surface area contributed by atoms with E-state index in [9.17, 15) is 27.7 Å². The molecule has 0 fully saturated rings. The van der Waals surface area contributed by atoms with E-state index >= 15 is 0 Å². The van der Waals surface area contributed by atoms with Crippen molar-refractivity contribution in [2.45, 2.75) is 31.3 Å². The first-order valence-corrected chi connectivity index (χ1v) is 9.44. The van der Waals surface area contributed by atoms with Crippen LogP contribution >= 0.6 is 11.8 Å². The predicted octanol–water partition coefficient (Wildman–Crippen LogP) is 4.85.